The van der Waals surface area contributed by atoms with Crippen LogP contribution in [0.5, 0.6) is 0 Å². The molecule has 2 aromatic carbocycles. The summed E-state index contributed by atoms with van der Waals surface area (Å²) in [6, 6.07) is 21.2. The Hall–Kier alpha value is -3.44. The van der Waals surface area contributed by atoms with Crippen molar-refractivity contribution in [2.75, 3.05) is 6.61 Å². The van der Waals surface area contributed by atoms with Crippen molar-refractivity contribution in [2.45, 2.75) is 38.8 Å². The predicted octanol–water partition coefficient (Wildman–Crippen LogP) is 4.80. The van der Waals surface area contributed by atoms with Gasteiger partial charge in [0.25, 0.3) is 0 Å². The number of ether oxygens (including phenoxy) is 1. The van der Waals surface area contributed by atoms with E-state index in [0.29, 0.717) is 18.5 Å². The van der Waals surface area contributed by atoms with Crippen LogP contribution in [0.4, 0.5) is 0 Å². The van der Waals surface area contributed by atoms with Gasteiger partial charge in [-0.05, 0) is 47.9 Å². The van der Waals surface area contributed by atoms with E-state index in [1.165, 1.54) is 5.56 Å². The summed E-state index contributed by atoms with van der Waals surface area (Å²) in [5.74, 6) is -0.426. The van der Waals surface area contributed by atoms with Crippen LogP contribution in [0.2, 0.25) is 0 Å². The van der Waals surface area contributed by atoms with E-state index < -0.39 is 12.1 Å². The molecule has 5 nitrogen and oxygen atoms in total. The van der Waals surface area contributed by atoms with E-state index in [2.05, 4.69) is 46.9 Å². The van der Waals surface area contributed by atoms with E-state index >= 15 is 0 Å². The van der Waals surface area contributed by atoms with Crippen molar-refractivity contribution in [1.29, 1.82) is 0 Å². The van der Waals surface area contributed by atoms with Crippen molar-refractivity contribution in [3.63, 3.8) is 0 Å². The number of fused-ring (bicyclic) bond motifs is 1. The summed E-state index contributed by atoms with van der Waals surface area (Å²) in [5, 5.41) is 11.6. The third-order valence-corrected chi connectivity index (χ3v) is 5.49. The highest BCUT2D eigenvalue weighted by Crippen LogP contribution is 2.24. The Morgan fingerprint density at radius 3 is 2.69 bits per heavy atom. The summed E-state index contributed by atoms with van der Waals surface area (Å²) < 4.78 is 7.48. The van der Waals surface area contributed by atoms with Crippen molar-refractivity contribution in [1.82, 2.24) is 9.55 Å². The molecule has 0 saturated carbocycles. The molecular formula is C27H28N2O3. The van der Waals surface area contributed by atoms with E-state index in [-0.39, 0.29) is 6.61 Å². The van der Waals surface area contributed by atoms with E-state index in [9.17, 15) is 9.90 Å². The predicted molar refractivity (Wildman–Crippen MR) is 126 cm³/mol. The topological polar surface area (TPSA) is 64.3 Å². The van der Waals surface area contributed by atoms with Crippen molar-refractivity contribution in [3.8, 4) is 0 Å². The van der Waals surface area contributed by atoms with Gasteiger partial charge in [0, 0.05) is 29.7 Å². The number of hydrogen-bond donors (Lipinski definition) is 1. The molecule has 0 aliphatic rings. The van der Waals surface area contributed by atoms with Crippen molar-refractivity contribution < 1.29 is 14.6 Å². The van der Waals surface area contributed by atoms with Crippen LogP contribution in [0, 0.1) is 0 Å². The van der Waals surface area contributed by atoms with Gasteiger partial charge in [0.05, 0.1) is 23.9 Å². The number of carbonyl (C=O) groups is 1. The lowest BCUT2D eigenvalue weighted by Gasteiger charge is -2.11. The van der Waals surface area contributed by atoms with Crippen LogP contribution in [0.25, 0.3) is 10.9 Å². The first-order valence-corrected chi connectivity index (χ1v) is 11.0. The number of benzene rings is 2. The van der Waals surface area contributed by atoms with Gasteiger partial charge in [-0.25, -0.2) is 4.79 Å². The van der Waals surface area contributed by atoms with Gasteiger partial charge in [-0.2, -0.15) is 0 Å². The highest BCUT2D eigenvalue weighted by Gasteiger charge is 2.15. The maximum Gasteiger partial charge on any atom is 0.338 e. The van der Waals surface area contributed by atoms with Gasteiger partial charge in [0.1, 0.15) is 6.61 Å². The molecule has 0 saturated heterocycles. The lowest BCUT2D eigenvalue weighted by molar-refractivity contribution is 0.0259. The van der Waals surface area contributed by atoms with Crippen molar-refractivity contribution in [3.05, 3.63) is 102 Å². The Bertz CT molecular complexity index is 1180. The molecule has 0 fully saturated rings. The normalized spacial score (nSPS) is 12.1. The second-order valence-corrected chi connectivity index (χ2v) is 8.03. The highest BCUT2D eigenvalue weighted by atomic mass is 16.5. The quantitative estimate of drug-likeness (QED) is 0.389. The summed E-state index contributed by atoms with van der Waals surface area (Å²) in [6.07, 6.45) is 5.71. The number of carbonyl (C=O) groups excluding carboxylic acids is 1. The van der Waals surface area contributed by atoms with Crippen LogP contribution < -0.4 is 0 Å². The monoisotopic (exact) mass is 428 g/mol. The number of pyridine rings is 1. The summed E-state index contributed by atoms with van der Waals surface area (Å²) in [4.78, 5) is 16.7. The molecule has 0 amide bonds. The molecule has 32 heavy (non-hydrogen) atoms. The smallest absolute Gasteiger partial charge is 0.338 e. The highest BCUT2D eigenvalue weighted by molar-refractivity contribution is 5.89. The van der Waals surface area contributed by atoms with E-state index in [1.807, 2.05) is 24.4 Å². The van der Waals surface area contributed by atoms with Crippen molar-refractivity contribution >= 4 is 16.9 Å². The molecule has 2 aromatic heterocycles. The molecule has 0 aliphatic heterocycles. The van der Waals surface area contributed by atoms with E-state index in [1.54, 1.807) is 24.3 Å². The molecule has 1 N–H and O–H groups in total. The first kappa shape index (κ1) is 21.8. The molecule has 4 aromatic rings. The molecule has 0 aliphatic carbocycles. The molecule has 2 heterocycles. The Kier molecular flexibility index (Phi) is 6.97. The summed E-state index contributed by atoms with van der Waals surface area (Å²) in [7, 11) is 0. The number of esters is 1. The molecule has 0 radical (unpaired) electrons. The van der Waals surface area contributed by atoms with Crippen LogP contribution in [0.1, 0.15) is 40.5 Å². The van der Waals surface area contributed by atoms with Crippen LogP contribution >= 0.6 is 0 Å². The van der Waals surface area contributed by atoms with Gasteiger partial charge >= 0.3 is 5.97 Å². The number of hydrogen-bond acceptors (Lipinski definition) is 4. The zero-order valence-electron chi connectivity index (χ0n) is 18.3. The molecule has 5 heteroatoms. The lowest BCUT2D eigenvalue weighted by Crippen LogP contribution is -2.20. The van der Waals surface area contributed by atoms with Gasteiger partial charge in [-0.1, -0.05) is 49.7 Å². The second kappa shape index (κ2) is 10.2. The SMILES string of the molecule is CCCc1ccnc(Cn2cc(C[C@H](O)COC(=O)c3ccccc3)c3ccccc32)c1. The molecule has 164 valence electrons. The van der Waals surface area contributed by atoms with E-state index in [4.69, 9.17) is 4.74 Å². The summed E-state index contributed by atoms with van der Waals surface area (Å²) in [5.41, 5.74) is 4.91. The number of aliphatic hydroxyl groups excluding tert-OH is 1. The van der Waals surface area contributed by atoms with Gasteiger partial charge in [0.2, 0.25) is 0 Å². The van der Waals surface area contributed by atoms with Gasteiger partial charge in [0.15, 0.2) is 0 Å². The Balaban J connectivity index is 1.47. The number of aromatic nitrogens is 2. The van der Waals surface area contributed by atoms with Crippen LogP contribution in [-0.2, 0) is 24.1 Å². The van der Waals surface area contributed by atoms with Crippen LogP contribution in [0.3, 0.4) is 0 Å². The zero-order chi connectivity index (χ0) is 22.3. The first-order valence-electron chi connectivity index (χ1n) is 11.0. The van der Waals surface area contributed by atoms with Crippen LogP contribution in [-0.4, -0.2) is 33.3 Å². The molecule has 0 bridgehead atoms. The molecule has 0 unspecified atom stereocenters. The lowest BCUT2D eigenvalue weighted by atomic mass is 10.1. The van der Waals surface area contributed by atoms with Crippen LogP contribution in [0.15, 0.2) is 79.1 Å². The minimum atomic E-state index is -0.784. The number of rotatable bonds is 9. The summed E-state index contributed by atoms with van der Waals surface area (Å²) >= 11 is 0. The maximum atomic E-state index is 12.2. The minimum Gasteiger partial charge on any atom is -0.459 e. The maximum absolute atomic E-state index is 12.2. The molecular weight excluding hydrogens is 400 g/mol. The first-order chi connectivity index (χ1) is 15.6. The number of aryl methyl sites for hydroxylation is 1. The molecule has 1 atom stereocenters. The van der Waals surface area contributed by atoms with Crippen molar-refractivity contribution in [2.24, 2.45) is 0 Å². The summed E-state index contributed by atoms with van der Waals surface area (Å²) in [6.45, 7) is 2.79. The largest absolute Gasteiger partial charge is 0.459 e. The molecule has 0 spiro atoms. The third-order valence-electron chi connectivity index (χ3n) is 5.49. The van der Waals surface area contributed by atoms with Gasteiger partial charge < -0.3 is 14.4 Å². The Labute approximate surface area is 188 Å². The van der Waals surface area contributed by atoms with Gasteiger partial charge in [-0.15, -0.1) is 0 Å². The fourth-order valence-electron chi connectivity index (χ4n) is 3.99. The fraction of sp³-hybridized carbons (Fsp3) is 0.259. The third kappa shape index (κ3) is 5.24. The number of nitrogens with zero attached hydrogens (tertiary/aromatic N) is 2. The average molecular weight is 429 g/mol. The van der Waals surface area contributed by atoms with E-state index in [0.717, 1.165) is 35.0 Å². The fourth-order valence-corrected chi connectivity index (χ4v) is 3.99. The molecule has 4 rings (SSSR count). The Morgan fingerprint density at radius 1 is 1.09 bits per heavy atom. The Morgan fingerprint density at radius 2 is 1.88 bits per heavy atom. The minimum absolute atomic E-state index is 0.0478. The average Bonchev–Trinajstić information content (AvgIpc) is 3.15. The number of para-hydroxylation sites is 1. The van der Waals surface area contributed by atoms with Gasteiger partial charge in [-0.3, -0.25) is 4.98 Å². The second-order valence-electron chi connectivity index (χ2n) is 8.03. The zero-order valence-corrected chi connectivity index (χ0v) is 18.3. The standard InChI is InChI=1S/C27H28N2O3/c1-2-8-20-13-14-28-23(15-20)18-29-17-22(25-11-6-7-12-26(25)29)16-24(30)19-32-27(31)21-9-4-3-5-10-21/h3-7,9-15,17,24,30H,2,8,16,18-19H2,1H3/t24-/m0/s1. The number of aliphatic hydroxyl groups is 1.